The SMILES string of the molecule is CCNC(CSc1nc(C)cc(C)n1)(C(=O)OC)C1CC1. The van der Waals surface area contributed by atoms with E-state index in [4.69, 9.17) is 4.74 Å². The predicted octanol–water partition coefficient (Wildman–Crippen LogP) is 2.12. The Balaban J connectivity index is 2.16. The molecule has 116 valence electrons. The van der Waals surface area contributed by atoms with E-state index in [0.717, 1.165) is 35.9 Å². The molecule has 1 N–H and O–H groups in total. The van der Waals surface area contributed by atoms with E-state index < -0.39 is 5.54 Å². The zero-order valence-corrected chi connectivity index (χ0v) is 13.9. The van der Waals surface area contributed by atoms with E-state index in [2.05, 4.69) is 15.3 Å². The van der Waals surface area contributed by atoms with Gasteiger partial charge in [-0.3, -0.25) is 4.79 Å². The van der Waals surface area contributed by atoms with Crippen molar-refractivity contribution in [2.24, 2.45) is 5.92 Å². The van der Waals surface area contributed by atoms with Gasteiger partial charge in [0.1, 0.15) is 5.54 Å². The molecule has 0 aromatic carbocycles. The Bertz CT molecular complexity index is 499. The summed E-state index contributed by atoms with van der Waals surface area (Å²) < 4.78 is 5.05. The summed E-state index contributed by atoms with van der Waals surface area (Å²) in [5.41, 5.74) is 1.28. The van der Waals surface area contributed by atoms with Crippen LogP contribution in [0.5, 0.6) is 0 Å². The number of likely N-dealkylation sites (N-methyl/N-ethyl adjacent to an activating group) is 1. The summed E-state index contributed by atoms with van der Waals surface area (Å²) in [6, 6.07) is 1.95. The van der Waals surface area contributed by atoms with Gasteiger partial charge in [-0.25, -0.2) is 9.97 Å². The fourth-order valence-electron chi connectivity index (χ4n) is 2.62. The van der Waals surface area contributed by atoms with Crippen LogP contribution >= 0.6 is 11.8 Å². The summed E-state index contributed by atoms with van der Waals surface area (Å²) in [4.78, 5) is 21.2. The first kappa shape index (κ1) is 16.2. The van der Waals surface area contributed by atoms with Crippen molar-refractivity contribution >= 4 is 17.7 Å². The molecular weight excluding hydrogens is 286 g/mol. The highest BCUT2D eigenvalue weighted by Crippen LogP contribution is 2.42. The van der Waals surface area contributed by atoms with Crippen LogP contribution < -0.4 is 5.32 Å². The van der Waals surface area contributed by atoms with Crippen molar-refractivity contribution < 1.29 is 9.53 Å². The molecule has 1 saturated carbocycles. The first-order chi connectivity index (χ1) is 10.0. The normalized spacial score (nSPS) is 17.3. The fourth-order valence-corrected chi connectivity index (χ4v) is 3.85. The highest BCUT2D eigenvalue weighted by atomic mass is 32.2. The van der Waals surface area contributed by atoms with E-state index in [1.165, 1.54) is 18.9 Å². The Morgan fingerprint density at radius 1 is 1.43 bits per heavy atom. The van der Waals surface area contributed by atoms with Crippen molar-refractivity contribution in [2.75, 3.05) is 19.4 Å². The van der Waals surface area contributed by atoms with Gasteiger partial charge in [-0.1, -0.05) is 18.7 Å². The number of hydrogen-bond donors (Lipinski definition) is 1. The molecular formula is C15H23N3O2S. The number of aromatic nitrogens is 2. The Hall–Kier alpha value is -1.14. The van der Waals surface area contributed by atoms with E-state index in [9.17, 15) is 4.79 Å². The topological polar surface area (TPSA) is 64.1 Å². The van der Waals surface area contributed by atoms with Crippen LogP contribution in [0.15, 0.2) is 11.2 Å². The number of nitrogens with one attached hydrogen (secondary N) is 1. The molecule has 1 atom stereocenters. The molecule has 0 radical (unpaired) electrons. The maximum Gasteiger partial charge on any atom is 0.327 e. The molecule has 5 nitrogen and oxygen atoms in total. The second-order valence-corrected chi connectivity index (χ2v) is 6.43. The van der Waals surface area contributed by atoms with Gasteiger partial charge in [0.2, 0.25) is 0 Å². The van der Waals surface area contributed by atoms with Crippen LogP contribution in [-0.2, 0) is 9.53 Å². The zero-order valence-electron chi connectivity index (χ0n) is 13.1. The largest absolute Gasteiger partial charge is 0.468 e. The number of hydrogen-bond acceptors (Lipinski definition) is 6. The fraction of sp³-hybridized carbons (Fsp3) is 0.667. The Kier molecular flexibility index (Phi) is 5.22. The molecule has 0 aliphatic heterocycles. The monoisotopic (exact) mass is 309 g/mol. The van der Waals surface area contributed by atoms with Crippen molar-refractivity contribution in [3.8, 4) is 0 Å². The van der Waals surface area contributed by atoms with Crippen LogP contribution in [0.1, 0.15) is 31.2 Å². The average Bonchev–Trinajstić information content (AvgIpc) is 3.26. The number of nitrogens with zero attached hydrogens (tertiary/aromatic N) is 2. The van der Waals surface area contributed by atoms with Crippen molar-refractivity contribution in [2.45, 2.75) is 44.3 Å². The van der Waals surface area contributed by atoms with Gasteiger partial charge in [0.05, 0.1) is 7.11 Å². The van der Waals surface area contributed by atoms with Crippen LogP contribution in [0.2, 0.25) is 0 Å². The number of thioether (sulfide) groups is 1. The van der Waals surface area contributed by atoms with E-state index in [0.29, 0.717) is 11.7 Å². The molecule has 1 fully saturated rings. The van der Waals surface area contributed by atoms with Crippen LogP contribution in [0.4, 0.5) is 0 Å². The third kappa shape index (κ3) is 3.74. The molecule has 1 aromatic heterocycles. The van der Waals surface area contributed by atoms with E-state index in [1.807, 2.05) is 26.8 Å². The Morgan fingerprint density at radius 3 is 2.52 bits per heavy atom. The second-order valence-electron chi connectivity index (χ2n) is 5.49. The predicted molar refractivity (Wildman–Crippen MR) is 83.4 cm³/mol. The van der Waals surface area contributed by atoms with E-state index in [-0.39, 0.29) is 5.97 Å². The Morgan fingerprint density at radius 2 is 2.05 bits per heavy atom. The van der Waals surface area contributed by atoms with Crippen LogP contribution in [-0.4, -0.2) is 40.9 Å². The lowest BCUT2D eigenvalue weighted by atomic mass is 9.95. The molecule has 1 aromatic rings. The van der Waals surface area contributed by atoms with Crippen LogP contribution in [0, 0.1) is 19.8 Å². The summed E-state index contributed by atoms with van der Waals surface area (Å²) in [5.74, 6) is 0.771. The first-order valence-corrected chi connectivity index (χ1v) is 8.29. The highest BCUT2D eigenvalue weighted by molar-refractivity contribution is 7.99. The van der Waals surface area contributed by atoms with Gasteiger partial charge < -0.3 is 10.1 Å². The third-order valence-corrected chi connectivity index (χ3v) is 4.75. The number of methoxy groups -OCH3 is 1. The molecule has 0 bridgehead atoms. The van der Waals surface area contributed by atoms with E-state index >= 15 is 0 Å². The summed E-state index contributed by atoms with van der Waals surface area (Å²) in [5, 5.41) is 4.08. The molecule has 1 heterocycles. The number of esters is 1. The lowest BCUT2D eigenvalue weighted by Gasteiger charge is -2.31. The summed E-state index contributed by atoms with van der Waals surface area (Å²) in [7, 11) is 1.45. The first-order valence-electron chi connectivity index (χ1n) is 7.30. The molecule has 1 unspecified atom stereocenters. The second kappa shape index (κ2) is 6.75. The minimum absolute atomic E-state index is 0.177. The number of ether oxygens (including phenoxy) is 1. The Labute approximate surface area is 130 Å². The smallest absolute Gasteiger partial charge is 0.327 e. The quantitative estimate of drug-likeness (QED) is 0.473. The maximum atomic E-state index is 12.3. The van der Waals surface area contributed by atoms with Gasteiger partial charge in [-0.05, 0) is 45.2 Å². The molecule has 1 aliphatic carbocycles. The molecule has 21 heavy (non-hydrogen) atoms. The summed E-state index contributed by atoms with van der Waals surface area (Å²) >= 11 is 1.52. The summed E-state index contributed by atoms with van der Waals surface area (Å²) in [6.45, 7) is 6.66. The molecule has 0 amide bonds. The minimum atomic E-state index is -0.616. The standard InChI is InChI=1S/C15H23N3O2S/c1-5-16-15(12-6-7-12,13(19)20-4)9-21-14-17-10(2)8-11(3)18-14/h8,12,16H,5-7,9H2,1-4H3. The number of carbonyl (C=O) groups excluding carboxylic acids is 1. The van der Waals surface area contributed by atoms with Gasteiger partial charge in [-0.15, -0.1) is 0 Å². The molecule has 1 aliphatic rings. The minimum Gasteiger partial charge on any atom is -0.468 e. The average molecular weight is 309 g/mol. The van der Waals surface area contributed by atoms with Crippen molar-refractivity contribution in [1.82, 2.24) is 15.3 Å². The molecule has 0 spiro atoms. The van der Waals surface area contributed by atoms with Gasteiger partial charge in [0.15, 0.2) is 5.16 Å². The van der Waals surface area contributed by atoms with Gasteiger partial charge in [0.25, 0.3) is 0 Å². The zero-order chi connectivity index (χ0) is 15.5. The van der Waals surface area contributed by atoms with Crippen molar-refractivity contribution in [3.63, 3.8) is 0 Å². The van der Waals surface area contributed by atoms with Crippen LogP contribution in [0.3, 0.4) is 0 Å². The van der Waals surface area contributed by atoms with Gasteiger partial charge in [-0.2, -0.15) is 0 Å². The lowest BCUT2D eigenvalue weighted by molar-refractivity contribution is -0.148. The van der Waals surface area contributed by atoms with Crippen LogP contribution in [0.25, 0.3) is 0 Å². The van der Waals surface area contributed by atoms with Crippen molar-refractivity contribution in [1.29, 1.82) is 0 Å². The molecule has 6 heteroatoms. The van der Waals surface area contributed by atoms with Gasteiger partial charge >= 0.3 is 5.97 Å². The maximum absolute atomic E-state index is 12.3. The van der Waals surface area contributed by atoms with Crippen molar-refractivity contribution in [3.05, 3.63) is 17.5 Å². The third-order valence-electron chi connectivity index (χ3n) is 3.71. The van der Waals surface area contributed by atoms with Gasteiger partial charge in [0, 0.05) is 17.1 Å². The highest BCUT2D eigenvalue weighted by Gasteiger charge is 2.51. The lowest BCUT2D eigenvalue weighted by Crippen LogP contribution is -2.56. The molecule has 0 saturated heterocycles. The summed E-state index contributed by atoms with van der Waals surface area (Å²) in [6.07, 6.45) is 2.13. The number of rotatable bonds is 7. The number of carbonyl (C=O) groups is 1. The number of aryl methyl sites for hydroxylation is 2. The molecule has 2 rings (SSSR count). The van der Waals surface area contributed by atoms with E-state index in [1.54, 1.807) is 0 Å².